The zero-order valence-electron chi connectivity index (χ0n) is 12.9. The van der Waals surface area contributed by atoms with E-state index in [0.29, 0.717) is 11.1 Å². The lowest BCUT2D eigenvalue weighted by Gasteiger charge is -2.16. The summed E-state index contributed by atoms with van der Waals surface area (Å²) in [6, 6.07) is 13.2. The lowest BCUT2D eigenvalue weighted by Crippen LogP contribution is -2.17. The summed E-state index contributed by atoms with van der Waals surface area (Å²) < 4.78 is 50.9. The van der Waals surface area contributed by atoms with Gasteiger partial charge in [0.2, 0.25) is 0 Å². The van der Waals surface area contributed by atoms with Gasteiger partial charge in [-0.2, -0.15) is 18.4 Å². The highest BCUT2D eigenvalue weighted by Gasteiger charge is 2.36. The van der Waals surface area contributed by atoms with Crippen LogP contribution in [0.3, 0.4) is 0 Å². The molecule has 0 fully saturated rings. The molecule has 24 heavy (non-hydrogen) atoms. The van der Waals surface area contributed by atoms with Crippen molar-refractivity contribution in [1.29, 1.82) is 5.26 Å². The molecule has 2 rings (SSSR count). The minimum atomic E-state index is -4.27. The predicted octanol–water partition coefficient (Wildman–Crippen LogP) is 5.89. The summed E-state index contributed by atoms with van der Waals surface area (Å²) in [4.78, 5) is 1.56. The summed E-state index contributed by atoms with van der Waals surface area (Å²) in [5.74, 6) is -1.52. The molecule has 0 heterocycles. The third kappa shape index (κ3) is 4.51. The Labute approximate surface area is 142 Å². The maximum atomic E-state index is 12.7. The van der Waals surface area contributed by atoms with E-state index in [9.17, 15) is 17.6 Å². The second-order valence-electron chi connectivity index (χ2n) is 5.31. The van der Waals surface area contributed by atoms with Gasteiger partial charge in [0.25, 0.3) is 0 Å². The number of hydrogen-bond donors (Lipinski definition) is 0. The van der Waals surface area contributed by atoms with E-state index in [2.05, 4.69) is 0 Å². The van der Waals surface area contributed by atoms with Gasteiger partial charge < -0.3 is 0 Å². The maximum absolute atomic E-state index is 12.7. The second-order valence-corrected chi connectivity index (χ2v) is 6.42. The van der Waals surface area contributed by atoms with E-state index < -0.39 is 18.8 Å². The van der Waals surface area contributed by atoms with Crippen LogP contribution in [-0.2, 0) is 6.42 Å². The molecule has 1 nitrogen and oxygen atoms in total. The van der Waals surface area contributed by atoms with Crippen LogP contribution < -0.4 is 0 Å². The minimum absolute atomic E-state index is 0.195. The zero-order valence-corrected chi connectivity index (χ0v) is 13.7. The molecular formula is C18H15F4NS. The summed E-state index contributed by atoms with van der Waals surface area (Å²) in [7, 11) is 0. The summed E-state index contributed by atoms with van der Waals surface area (Å²) >= 11 is 1.34. The molecule has 0 amide bonds. The molecule has 0 bridgehead atoms. The fraction of sp³-hybridized carbons (Fsp3) is 0.278. The Bertz CT molecular complexity index is 732. The van der Waals surface area contributed by atoms with Crippen LogP contribution >= 0.6 is 11.8 Å². The molecule has 0 radical (unpaired) electrons. The molecule has 2 aromatic rings. The Balaban J connectivity index is 2.21. The quantitative estimate of drug-likeness (QED) is 0.626. The number of alkyl halides is 4. The first-order valence-corrected chi connectivity index (χ1v) is 8.10. The molecule has 0 aliphatic heterocycles. The Morgan fingerprint density at radius 1 is 1.12 bits per heavy atom. The average molecular weight is 353 g/mol. The molecule has 0 saturated heterocycles. The van der Waals surface area contributed by atoms with Crippen molar-refractivity contribution in [2.75, 3.05) is 6.67 Å². The van der Waals surface area contributed by atoms with Crippen LogP contribution in [0.5, 0.6) is 0 Å². The number of hydrogen-bond acceptors (Lipinski definition) is 2. The Morgan fingerprint density at radius 2 is 1.79 bits per heavy atom. The van der Waals surface area contributed by atoms with Gasteiger partial charge in [-0.25, -0.2) is 0 Å². The fourth-order valence-corrected chi connectivity index (χ4v) is 3.14. The number of aryl methyl sites for hydroxylation is 1. The van der Waals surface area contributed by atoms with Crippen molar-refractivity contribution in [3.63, 3.8) is 0 Å². The Kier molecular flexibility index (Phi) is 5.89. The third-order valence-electron chi connectivity index (χ3n) is 3.65. The van der Waals surface area contributed by atoms with Crippen LogP contribution in [0.1, 0.15) is 29.5 Å². The molecule has 0 saturated carbocycles. The van der Waals surface area contributed by atoms with E-state index in [4.69, 9.17) is 5.26 Å². The van der Waals surface area contributed by atoms with Crippen LogP contribution in [0.4, 0.5) is 17.6 Å². The van der Waals surface area contributed by atoms with Gasteiger partial charge in [-0.1, -0.05) is 23.9 Å². The van der Waals surface area contributed by atoms with Crippen molar-refractivity contribution < 1.29 is 17.6 Å². The smallest absolute Gasteiger partial charge is 0.251 e. The van der Waals surface area contributed by atoms with Gasteiger partial charge in [-0.3, -0.25) is 4.39 Å². The van der Waals surface area contributed by atoms with Crippen molar-refractivity contribution in [2.45, 2.75) is 35.2 Å². The summed E-state index contributed by atoms with van der Waals surface area (Å²) in [5.41, 5.74) is 1.38. The number of nitriles is 1. The first-order valence-electron chi connectivity index (χ1n) is 7.28. The predicted molar refractivity (Wildman–Crippen MR) is 85.9 cm³/mol. The van der Waals surface area contributed by atoms with Gasteiger partial charge in [0, 0.05) is 16.2 Å². The van der Waals surface area contributed by atoms with Crippen molar-refractivity contribution in [3.05, 3.63) is 59.2 Å². The number of halogens is 4. The standard InChI is InChI=1S/C18H15F4NS/c1-12(18(20,21)22)14-3-5-16(6-4-14)24-17-7-2-13(11-23)10-15(17)8-9-19/h2-7,10,12H,8-9H2,1H3. The maximum Gasteiger partial charge on any atom is 0.395 e. The lowest BCUT2D eigenvalue weighted by atomic mass is 10.0. The van der Waals surface area contributed by atoms with E-state index in [-0.39, 0.29) is 12.0 Å². The Morgan fingerprint density at radius 3 is 2.33 bits per heavy atom. The van der Waals surface area contributed by atoms with Crippen LogP contribution in [0.15, 0.2) is 52.3 Å². The first kappa shape index (κ1) is 18.3. The molecule has 0 aliphatic rings. The third-order valence-corrected chi connectivity index (χ3v) is 4.78. The fourth-order valence-electron chi connectivity index (χ4n) is 2.19. The van der Waals surface area contributed by atoms with Crippen LogP contribution in [-0.4, -0.2) is 12.9 Å². The highest BCUT2D eigenvalue weighted by molar-refractivity contribution is 7.99. The summed E-state index contributed by atoms with van der Waals surface area (Å²) in [6.45, 7) is 0.590. The van der Waals surface area contributed by atoms with E-state index in [0.717, 1.165) is 16.7 Å². The van der Waals surface area contributed by atoms with E-state index in [1.807, 2.05) is 6.07 Å². The van der Waals surface area contributed by atoms with E-state index >= 15 is 0 Å². The zero-order chi connectivity index (χ0) is 17.7. The minimum Gasteiger partial charge on any atom is -0.251 e. The molecule has 0 spiro atoms. The molecule has 0 N–H and O–H groups in total. The van der Waals surface area contributed by atoms with Gasteiger partial charge in [0.1, 0.15) is 0 Å². The summed E-state index contributed by atoms with van der Waals surface area (Å²) in [5, 5.41) is 8.92. The topological polar surface area (TPSA) is 23.8 Å². The largest absolute Gasteiger partial charge is 0.395 e. The van der Waals surface area contributed by atoms with Crippen LogP contribution in [0.2, 0.25) is 0 Å². The Hall–Kier alpha value is -2.00. The number of rotatable bonds is 5. The molecule has 126 valence electrons. The number of benzene rings is 2. The monoisotopic (exact) mass is 353 g/mol. The molecule has 6 heteroatoms. The van der Waals surface area contributed by atoms with Gasteiger partial charge in [-0.15, -0.1) is 0 Å². The van der Waals surface area contributed by atoms with Crippen molar-refractivity contribution in [1.82, 2.24) is 0 Å². The van der Waals surface area contributed by atoms with Gasteiger partial charge in [0.05, 0.1) is 24.2 Å². The molecule has 2 aromatic carbocycles. The van der Waals surface area contributed by atoms with Crippen molar-refractivity contribution in [3.8, 4) is 6.07 Å². The molecule has 0 aromatic heterocycles. The molecule has 1 unspecified atom stereocenters. The van der Waals surface area contributed by atoms with Crippen molar-refractivity contribution in [2.24, 2.45) is 0 Å². The van der Waals surface area contributed by atoms with E-state index in [1.54, 1.807) is 30.3 Å². The molecular weight excluding hydrogens is 338 g/mol. The van der Waals surface area contributed by atoms with Crippen LogP contribution in [0.25, 0.3) is 0 Å². The lowest BCUT2D eigenvalue weighted by molar-refractivity contribution is -0.146. The second kappa shape index (κ2) is 7.71. The van der Waals surface area contributed by atoms with Gasteiger partial charge in [0.15, 0.2) is 0 Å². The molecule has 1 atom stereocenters. The van der Waals surface area contributed by atoms with Gasteiger partial charge >= 0.3 is 6.18 Å². The number of nitrogens with zero attached hydrogens (tertiary/aromatic N) is 1. The van der Waals surface area contributed by atoms with Crippen molar-refractivity contribution >= 4 is 11.8 Å². The molecule has 0 aliphatic carbocycles. The van der Waals surface area contributed by atoms with Crippen LogP contribution in [0, 0.1) is 11.3 Å². The average Bonchev–Trinajstić information content (AvgIpc) is 2.56. The highest BCUT2D eigenvalue weighted by Crippen LogP contribution is 2.36. The SMILES string of the molecule is CC(c1ccc(Sc2ccc(C#N)cc2CCF)cc1)C(F)(F)F. The first-order chi connectivity index (χ1) is 11.3. The van der Waals surface area contributed by atoms with E-state index in [1.165, 1.54) is 23.9 Å². The highest BCUT2D eigenvalue weighted by atomic mass is 32.2. The normalized spacial score (nSPS) is 12.7. The van der Waals surface area contributed by atoms with Gasteiger partial charge in [-0.05, 0) is 48.4 Å². The summed E-state index contributed by atoms with van der Waals surface area (Å²) in [6.07, 6.45) is -4.07.